The number of carboxylic acid groups (broad SMARTS) is 1. The average Bonchev–Trinajstić information content (AvgIpc) is 3.39. The molecule has 0 saturated carbocycles. The van der Waals surface area contributed by atoms with Gasteiger partial charge in [-0.1, -0.05) is 50.6 Å². The molecule has 0 radical (unpaired) electrons. The average molecular weight is 530 g/mol. The largest absolute Gasteiger partial charge is 0.480 e. The van der Waals surface area contributed by atoms with Crippen LogP contribution in [-0.2, 0) is 36.8 Å². The number of aliphatic carboxylic acids is 1. The van der Waals surface area contributed by atoms with Gasteiger partial charge in [-0.15, -0.1) is 0 Å². The Hall–Kier alpha value is -4.26. The van der Waals surface area contributed by atoms with Gasteiger partial charge in [0.15, 0.2) is 0 Å². The highest BCUT2D eigenvalue weighted by Gasteiger charge is 2.32. The molecule has 1 aromatic heterocycles. The van der Waals surface area contributed by atoms with Crippen molar-refractivity contribution in [2.45, 2.75) is 63.7 Å². The van der Waals surface area contributed by atoms with Crippen molar-refractivity contribution in [1.82, 2.24) is 25.9 Å². The molecule has 4 amide bonds. The lowest BCUT2D eigenvalue weighted by molar-refractivity contribution is -0.142. The Bertz CT molecular complexity index is 1090. The van der Waals surface area contributed by atoms with E-state index in [1.54, 1.807) is 37.3 Å². The molecule has 0 spiro atoms. The minimum atomic E-state index is -1.39. The molecule has 2 aromatic rings. The first-order valence-corrected chi connectivity index (χ1v) is 12.2. The van der Waals surface area contributed by atoms with Crippen molar-refractivity contribution in [3.8, 4) is 0 Å². The molecule has 0 fully saturated rings. The second-order valence-electron chi connectivity index (χ2n) is 9.07. The summed E-state index contributed by atoms with van der Waals surface area (Å²) in [6.45, 7) is 3.63. The molecule has 13 heteroatoms. The van der Waals surface area contributed by atoms with Crippen molar-refractivity contribution in [2.24, 2.45) is 17.4 Å². The Labute approximate surface area is 220 Å². The zero-order valence-corrected chi connectivity index (χ0v) is 21.3. The highest BCUT2D eigenvalue weighted by Crippen LogP contribution is 2.08. The van der Waals surface area contributed by atoms with Crippen LogP contribution < -0.4 is 27.4 Å². The number of nitrogens with zero attached hydrogens (tertiary/aromatic N) is 1. The van der Waals surface area contributed by atoms with Gasteiger partial charge in [0.05, 0.1) is 18.8 Å². The first kappa shape index (κ1) is 30.0. The van der Waals surface area contributed by atoms with Crippen molar-refractivity contribution in [3.05, 3.63) is 54.1 Å². The zero-order chi connectivity index (χ0) is 28.2. The summed E-state index contributed by atoms with van der Waals surface area (Å²) in [7, 11) is 0. The summed E-state index contributed by atoms with van der Waals surface area (Å²) in [5.41, 5.74) is 12.4. The summed E-state index contributed by atoms with van der Waals surface area (Å²) in [5, 5.41) is 17.1. The van der Waals surface area contributed by atoms with Crippen LogP contribution in [0.1, 0.15) is 37.9 Å². The highest BCUT2D eigenvalue weighted by atomic mass is 16.4. The number of hydrogen-bond acceptors (Lipinski definition) is 7. The van der Waals surface area contributed by atoms with Crippen molar-refractivity contribution in [1.29, 1.82) is 0 Å². The zero-order valence-electron chi connectivity index (χ0n) is 21.3. The minimum absolute atomic E-state index is 0.0123. The van der Waals surface area contributed by atoms with Crippen LogP contribution in [0.4, 0.5) is 0 Å². The number of carbonyl (C=O) groups is 5. The maximum absolute atomic E-state index is 13.2. The third-order valence-electron chi connectivity index (χ3n) is 6.11. The van der Waals surface area contributed by atoms with Gasteiger partial charge in [-0.25, -0.2) is 9.78 Å². The summed E-state index contributed by atoms with van der Waals surface area (Å²) >= 11 is 0. The van der Waals surface area contributed by atoms with Crippen LogP contribution in [0.3, 0.4) is 0 Å². The van der Waals surface area contributed by atoms with E-state index in [0.717, 1.165) is 0 Å². The normalized spacial score (nSPS) is 14.8. The van der Waals surface area contributed by atoms with Gasteiger partial charge < -0.3 is 37.5 Å². The number of primary amides is 1. The third-order valence-corrected chi connectivity index (χ3v) is 6.11. The number of nitrogens with two attached hydrogens (primary N) is 2. The summed E-state index contributed by atoms with van der Waals surface area (Å²) in [6, 6.07) is 3.89. The van der Waals surface area contributed by atoms with E-state index in [2.05, 4.69) is 25.9 Å². The molecule has 5 unspecified atom stereocenters. The molecule has 38 heavy (non-hydrogen) atoms. The number of imidazole rings is 1. The van der Waals surface area contributed by atoms with Crippen LogP contribution in [0.2, 0.25) is 0 Å². The predicted molar refractivity (Wildman–Crippen MR) is 137 cm³/mol. The molecule has 0 aliphatic heterocycles. The number of aromatic nitrogens is 2. The van der Waals surface area contributed by atoms with Gasteiger partial charge in [0.25, 0.3) is 0 Å². The monoisotopic (exact) mass is 529 g/mol. The first-order chi connectivity index (χ1) is 18.0. The van der Waals surface area contributed by atoms with Crippen LogP contribution in [0.25, 0.3) is 0 Å². The molecular formula is C25H35N7O6. The van der Waals surface area contributed by atoms with Gasteiger partial charge in [-0.05, 0) is 11.5 Å². The van der Waals surface area contributed by atoms with Gasteiger partial charge in [0.2, 0.25) is 23.6 Å². The molecule has 206 valence electrons. The van der Waals surface area contributed by atoms with Crippen LogP contribution in [-0.4, -0.2) is 68.8 Å². The molecular weight excluding hydrogens is 494 g/mol. The van der Waals surface area contributed by atoms with Crippen LogP contribution >= 0.6 is 0 Å². The summed E-state index contributed by atoms with van der Waals surface area (Å²) in [5.74, 6) is -4.57. The van der Waals surface area contributed by atoms with Gasteiger partial charge in [-0.2, -0.15) is 0 Å². The molecule has 0 aliphatic carbocycles. The van der Waals surface area contributed by atoms with E-state index in [0.29, 0.717) is 17.7 Å². The Morgan fingerprint density at radius 3 is 2.11 bits per heavy atom. The number of hydrogen-bond donors (Lipinski definition) is 7. The lowest BCUT2D eigenvalue weighted by Crippen LogP contribution is -2.58. The molecule has 5 atom stereocenters. The van der Waals surface area contributed by atoms with E-state index in [9.17, 15) is 29.1 Å². The number of carbonyl (C=O) groups excluding carboxylic acids is 4. The van der Waals surface area contributed by atoms with E-state index in [-0.39, 0.29) is 18.8 Å². The molecule has 0 saturated heterocycles. The van der Waals surface area contributed by atoms with Gasteiger partial charge >= 0.3 is 5.97 Å². The lowest BCUT2D eigenvalue weighted by Gasteiger charge is -2.25. The Kier molecular flexibility index (Phi) is 11.4. The van der Waals surface area contributed by atoms with E-state index >= 15 is 0 Å². The number of benzene rings is 1. The Morgan fingerprint density at radius 2 is 1.55 bits per heavy atom. The maximum Gasteiger partial charge on any atom is 0.326 e. The standard InChI is InChI=1S/C25H35N7O6/c1-3-14(2)21(27)24(36)31-18(11-20(26)33)23(35)30-17(9-15-7-5-4-6-8-15)22(34)32-19(25(37)38)10-16-12-28-13-29-16/h4-8,12-14,17-19,21H,3,9-11,27H2,1-2H3,(H2,26,33)(H,28,29)(H,30,35)(H,31,36)(H,32,34)(H,37,38). The van der Waals surface area contributed by atoms with Crippen molar-refractivity contribution in [2.75, 3.05) is 0 Å². The number of nitrogens with one attached hydrogen (secondary N) is 4. The number of rotatable bonds is 15. The topological polar surface area (TPSA) is 222 Å². The Balaban J connectivity index is 2.24. The van der Waals surface area contributed by atoms with Crippen LogP contribution in [0.15, 0.2) is 42.9 Å². The number of H-pyrrole nitrogens is 1. The summed E-state index contributed by atoms with van der Waals surface area (Å²) in [6.07, 6.45) is 2.85. The van der Waals surface area contributed by atoms with E-state index in [1.807, 2.05) is 6.92 Å². The van der Waals surface area contributed by atoms with Gasteiger partial charge in [0.1, 0.15) is 18.1 Å². The molecule has 0 aliphatic rings. The molecule has 2 rings (SSSR count). The van der Waals surface area contributed by atoms with E-state index in [4.69, 9.17) is 11.5 Å². The summed E-state index contributed by atoms with van der Waals surface area (Å²) in [4.78, 5) is 69.1. The Morgan fingerprint density at radius 1 is 0.947 bits per heavy atom. The van der Waals surface area contributed by atoms with Crippen molar-refractivity contribution in [3.63, 3.8) is 0 Å². The fraction of sp³-hybridized carbons (Fsp3) is 0.440. The summed E-state index contributed by atoms with van der Waals surface area (Å²) < 4.78 is 0. The molecule has 13 nitrogen and oxygen atoms in total. The first-order valence-electron chi connectivity index (χ1n) is 12.2. The van der Waals surface area contributed by atoms with Gasteiger partial charge in [-0.3, -0.25) is 19.2 Å². The van der Waals surface area contributed by atoms with Crippen molar-refractivity contribution >= 4 is 29.6 Å². The molecule has 1 aromatic carbocycles. The molecule has 9 N–H and O–H groups in total. The van der Waals surface area contributed by atoms with Gasteiger partial charge in [0, 0.05) is 24.7 Å². The van der Waals surface area contributed by atoms with E-state index in [1.165, 1.54) is 12.5 Å². The second-order valence-corrected chi connectivity index (χ2v) is 9.07. The molecule has 0 bridgehead atoms. The number of aromatic amines is 1. The fourth-order valence-electron chi connectivity index (χ4n) is 3.61. The third kappa shape index (κ3) is 9.32. The van der Waals surface area contributed by atoms with Crippen molar-refractivity contribution < 1.29 is 29.1 Å². The highest BCUT2D eigenvalue weighted by molar-refractivity contribution is 5.96. The van der Waals surface area contributed by atoms with E-state index < -0.39 is 60.2 Å². The number of carboxylic acids is 1. The second kappa shape index (κ2) is 14.5. The predicted octanol–water partition coefficient (Wildman–Crippen LogP) is -1.02. The number of amides is 4. The lowest BCUT2D eigenvalue weighted by atomic mass is 9.98. The smallest absolute Gasteiger partial charge is 0.326 e. The van der Waals surface area contributed by atoms with Crippen LogP contribution in [0.5, 0.6) is 0 Å². The SMILES string of the molecule is CCC(C)C(N)C(=O)NC(CC(N)=O)C(=O)NC(Cc1ccccc1)C(=O)NC(Cc1cnc[nH]1)C(=O)O. The van der Waals surface area contributed by atoms with Crippen LogP contribution in [0, 0.1) is 5.92 Å². The quantitative estimate of drug-likeness (QED) is 0.151. The minimum Gasteiger partial charge on any atom is -0.480 e. The maximum atomic E-state index is 13.2. The fourth-order valence-corrected chi connectivity index (χ4v) is 3.61. The molecule has 1 heterocycles.